The average Bonchev–Trinajstić information content (AvgIpc) is 2.84. The van der Waals surface area contributed by atoms with Crippen molar-refractivity contribution in [2.75, 3.05) is 26.4 Å². The Labute approximate surface area is 94.8 Å². The number of ether oxygens (including phenoxy) is 1. The third kappa shape index (κ3) is 2.32. The molecule has 2 rings (SSSR count). The summed E-state index contributed by atoms with van der Waals surface area (Å²) < 4.78 is 28.7. The Hall–Kier alpha value is -0.200. The molecule has 0 saturated carbocycles. The van der Waals surface area contributed by atoms with Crippen LogP contribution in [0.25, 0.3) is 0 Å². The fourth-order valence-corrected chi connectivity index (χ4v) is 3.51. The van der Waals surface area contributed by atoms with Crippen LogP contribution in [0.4, 0.5) is 0 Å². The van der Waals surface area contributed by atoms with Gasteiger partial charge >= 0.3 is 0 Å². The maximum Gasteiger partial charge on any atom is 0.101 e. The molecule has 2 heterocycles. The molecule has 84 valence electrons. The average molecular weight is 231 g/mol. The SMILES string of the molecule is [2H]C[C@]12C[C@H]([C@@H]([3H])O1)N(P(C)OCCC#N)C2. The predicted molar refractivity (Wildman–Crippen MR) is 58.5 cm³/mol. The largest absolute Gasteiger partial charge is 0.372 e. The number of nitrogens with zero attached hydrogens (tertiary/aromatic N) is 2. The van der Waals surface area contributed by atoms with Crippen molar-refractivity contribution in [3.05, 3.63) is 0 Å². The lowest BCUT2D eigenvalue weighted by molar-refractivity contribution is -0.0132. The quantitative estimate of drug-likeness (QED) is 0.546. The summed E-state index contributed by atoms with van der Waals surface area (Å²) in [6.07, 6.45) is 1.16. The van der Waals surface area contributed by atoms with Crippen molar-refractivity contribution in [1.29, 1.82) is 5.26 Å². The van der Waals surface area contributed by atoms with Gasteiger partial charge in [-0.2, -0.15) is 5.26 Å². The van der Waals surface area contributed by atoms with Crippen molar-refractivity contribution in [1.82, 2.24) is 4.67 Å². The topological polar surface area (TPSA) is 45.5 Å². The van der Waals surface area contributed by atoms with E-state index in [1.165, 1.54) is 0 Å². The molecule has 2 fully saturated rings. The fourth-order valence-electron chi connectivity index (χ4n) is 2.00. The highest BCUT2D eigenvalue weighted by atomic mass is 31.2. The Balaban J connectivity index is 1.93. The normalized spacial score (nSPS) is 43.5. The third-order valence-corrected chi connectivity index (χ3v) is 4.46. The Morgan fingerprint density at radius 3 is 3.53 bits per heavy atom. The molecule has 0 amide bonds. The van der Waals surface area contributed by atoms with Crippen LogP contribution in [0.3, 0.4) is 0 Å². The van der Waals surface area contributed by atoms with Gasteiger partial charge in [0, 0.05) is 14.0 Å². The first-order valence-electron chi connectivity index (χ1n) is 6.30. The van der Waals surface area contributed by atoms with Crippen molar-refractivity contribution in [3.8, 4) is 6.07 Å². The molecular formula is C10H17N2O2P. The van der Waals surface area contributed by atoms with Crippen LogP contribution in [-0.4, -0.2) is 42.7 Å². The minimum absolute atomic E-state index is 0.0542. The van der Waals surface area contributed by atoms with Crippen molar-refractivity contribution in [2.45, 2.75) is 31.4 Å². The molecule has 2 aliphatic heterocycles. The summed E-state index contributed by atoms with van der Waals surface area (Å²) in [5, 5.41) is 8.46. The van der Waals surface area contributed by atoms with Crippen LogP contribution in [-0.2, 0) is 9.26 Å². The highest BCUT2D eigenvalue weighted by Gasteiger charge is 2.49. The second-order valence-electron chi connectivity index (χ2n) is 4.01. The van der Waals surface area contributed by atoms with Crippen molar-refractivity contribution in [2.24, 2.45) is 0 Å². The Morgan fingerprint density at radius 1 is 2.00 bits per heavy atom. The lowest BCUT2D eigenvalue weighted by atomic mass is 10.1. The monoisotopic (exact) mass is 231 g/mol. The molecule has 0 radical (unpaired) electrons. The second kappa shape index (κ2) is 4.35. The summed E-state index contributed by atoms with van der Waals surface area (Å²) >= 11 is 0. The van der Waals surface area contributed by atoms with Crippen LogP contribution in [0.2, 0.25) is 0 Å². The van der Waals surface area contributed by atoms with Crippen LogP contribution in [0.15, 0.2) is 0 Å². The van der Waals surface area contributed by atoms with Crippen LogP contribution < -0.4 is 0 Å². The number of hydrogen-bond acceptors (Lipinski definition) is 4. The molecule has 4 nitrogen and oxygen atoms in total. The number of hydrogen-bond donors (Lipinski definition) is 0. The van der Waals surface area contributed by atoms with Gasteiger partial charge in [0.1, 0.15) is 8.30 Å². The Bertz CT molecular complexity index is 328. The minimum atomic E-state index is -0.773. The molecule has 1 unspecified atom stereocenters. The van der Waals surface area contributed by atoms with E-state index < -0.39 is 20.5 Å². The van der Waals surface area contributed by atoms with Gasteiger partial charge in [0.25, 0.3) is 0 Å². The summed E-state index contributed by atoms with van der Waals surface area (Å²) in [6.45, 7) is 2.78. The predicted octanol–water partition coefficient (Wildman–Crippen LogP) is 1.72. The number of nitriles is 1. The van der Waals surface area contributed by atoms with E-state index >= 15 is 0 Å². The van der Waals surface area contributed by atoms with E-state index in [1.807, 2.05) is 6.66 Å². The van der Waals surface area contributed by atoms with Crippen molar-refractivity contribution >= 4 is 8.30 Å². The maximum atomic E-state index is 8.46. The van der Waals surface area contributed by atoms with E-state index in [4.69, 9.17) is 17.3 Å². The molecule has 0 aromatic heterocycles. The molecule has 0 spiro atoms. The van der Waals surface area contributed by atoms with Gasteiger partial charge in [0.05, 0.1) is 32.7 Å². The minimum Gasteiger partial charge on any atom is -0.372 e. The molecule has 0 aromatic carbocycles. The summed E-state index contributed by atoms with van der Waals surface area (Å²) in [5.74, 6) is 0. The second-order valence-corrected chi connectivity index (χ2v) is 5.71. The highest BCUT2D eigenvalue weighted by Crippen LogP contribution is 2.49. The third-order valence-electron chi connectivity index (χ3n) is 2.74. The molecule has 2 bridgehead atoms. The lowest BCUT2D eigenvalue weighted by Crippen LogP contribution is -2.38. The van der Waals surface area contributed by atoms with Crippen LogP contribution >= 0.6 is 8.30 Å². The van der Waals surface area contributed by atoms with Crippen LogP contribution in [0.5, 0.6) is 0 Å². The maximum absolute atomic E-state index is 8.46. The van der Waals surface area contributed by atoms with Gasteiger partial charge in [-0.05, 0) is 20.0 Å². The molecule has 0 aromatic rings. The first-order valence-corrected chi connectivity index (χ1v) is 6.67. The van der Waals surface area contributed by atoms with Gasteiger partial charge in [-0.1, -0.05) is 0 Å². The van der Waals surface area contributed by atoms with Gasteiger partial charge in [0.2, 0.25) is 0 Å². The number of fused-ring (bicyclic) bond motifs is 2. The van der Waals surface area contributed by atoms with Gasteiger partial charge in [-0.25, -0.2) is 0 Å². The molecule has 15 heavy (non-hydrogen) atoms. The van der Waals surface area contributed by atoms with E-state index in [1.54, 1.807) is 0 Å². The standard InChI is InChI=1S/C10H17N2O2P/c1-10-6-9(7-13-10)12(8-10)15(2)14-5-3-4-11/h9H,3,5-8H2,1-2H3/t9-,10-,15?/m1/s1/i1D,7T/t7-,9-,10-,15?. The lowest BCUT2D eigenvalue weighted by Gasteiger charge is -2.34. The Kier molecular flexibility index (Phi) is 2.58. The number of rotatable bonds is 4. The summed E-state index contributed by atoms with van der Waals surface area (Å²) in [5.41, 5.74) is -0.452. The Morgan fingerprint density at radius 2 is 2.87 bits per heavy atom. The van der Waals surface area contributed by atoms with Gasteiger partial charge in [-0.3, -0.25) is 4.67 Å². The highest BCUT2D eigenvalue weighted by molar-refractivity contribution is 7.49. The fraction of sp³-hybridized carbons (Fsp3) is 0.900. The van der Waals surface area contributed by atoms with E-state index in [-0.39, 0.29) is 12.9 Å². The smallest absolute Gasteiger partial charge is 0.101 e. The summed E-state index contributed by atoms with van der Waals surface area (Å²) in [6, 6.07) is 2.10. The zero-order chi connectivity index (χ0) is 12.5. The van der Waals surface area contributed by atoms with Gasteiger partial charge in [-0.15, -0.1) is 0 Å². The summed E-state index contributed by atoms with van der Waals surface area (Å²) in [7, 11) is -0.773. The molecule has 0 N–H and O–H groups in total. The first-order chi connectivity index (χ1) is 8.12. The van der Waals surface area contributed by atoms with E-state index in [0.717, 1.165) is 6.42 Å². The molecule has 5 heteroatoms. The zero-order valence-corrected chi connectivity index (χ0v) is 9.74. The molecule has 2 aliphatic rings. The summed E-state index contributed by atoms with van der Waals surface area (Å²) in [4.78, 5) is 0. The van der Waals surface area contributed by atoms with Crippen LogP contribution in [0, 0.1) is 11.3 Å². The first kappa shape index (κ1) is 8.90. The molecule has 4 atom stereocenters. The van der Waals surface area contributed by atoms with Gasteiger partial charge in [0.15, 0.2) is 0 Å². The van der Waals surface area contributed by atoms with Crippen LogP contribution in [0.1, 0.15) is 22.5 Å². The van der Waals surface area contributed by atoms with Crippen molar-refractivity contribution < 1.29 is 12.0 Å². The van der Waals surface area contributed by atoms with E-state index in [9.17, 15) is 0 Å². The molecule has 0 aliphatic carbocycles. The molecular weight excluding hydrogens is 211 g/mol. The zero-order valence-electron chi connectivity index (χ0n) is 10.8. The van der Waals surface area contributed by atoms with Gasteiger partial charge < -0.3 is 9.26 Å². The van der Waals surface area contributed by atoms with E-state index in [2.05, 4.69) is 10.7 Å². The number of morpholine rings is 1. The van der Waals surface area contributed by atoms with E-state index in [0.29, 0.717) is 19.6 Å². The molecule has 2 saturated heterocycles. The van der Waals surface area contributed by atoms with Crippen molar-refractivity contribution in [3.63, 3.8) is 0 Å².